The van der Waals surface area contributed by atoms with Gasteiger partial charge >= 0.3 is 5.97 Å². The highest BCUT2D eigenvalue weighted by Gasteiger charge is 2.22. The van der Waals surface area contributed by atoms with Crippen LogP contribution < -0.4 is 0 Å². The molecule has 0 spiro atoms. The van der Waals surface area contributed by atoms with Gasteiger partial charge in [0.2, 0.25) is 0 Å². The summed E-state index contributed by atoms with van der Waals surface area (Å²) in [5, 5.41) is 9.50. The van der Waals surface area contributed by atoms with E-state index in [1.165, 1.54) is 0 Å². The highest BCUT2D eigenvalue weighted by molar-refractivity contribution is 5.72. The molecule has 0 saturated carbocycles. The molecule has 0 aromatic rings. The van der Waals surface area contributed by atoms with E-state index in [1.54, 1.807) is 19.9 Å². The molecule has 0 aliphatic heterocycles. The van der Waals surface area contributed by atoms with Gasteiger partial charge in [0, 0.05) is 0 Å². The Kier molecular flexibility index (Phi) is 6.24. The summed E-state index contributed by atoms with van der Waals surface area (Å²) in [6.07, 6.45) is 2.37. The monoisotopic (exact) mass is 186 g/mol. The Bertz CT molecular complexity index is 166. The highest BCUT2D eigenvalue weighted by Crippen LogP contribution is 2.11. The van der Waals surface area contributed by atoms with E-state index in [1.807, 2.05) is 0 Å². The van der Waals surface area contributed by atoms with Gasteiger partial charge in [-0.3, -0.25) is 4.79 Å². The number of carbonyl (C=O) groups excluding carboxylic acids is 1. The highest BCUT2D eigenvalue weighted by atomic mass is 16.5. The predicted molar refractivity (Wildman–Crippen MR) is 51.2 cm³/mol. The molecule has 0 aromatic carbocycles. The quantitative estimate of drug-likeness (QED) is 0.505. The first-order valence-electron chi connectivity index (χ1n) is 4.59. The first-order valence-corrected chi connectivity index (χ1v) is 4.59. The van der Waals surface area contributed by atoms with Crippen molar-refractivity contribution in [2.75, 3.05) is 6.61 Å². The summed E-state index contributed by atoms with van der Waals surface area (Å²) in [6.45, 7) is 7.33. The van der Waals surface area contributed by atoms with Crippen LogP contribution in [-0.2, 0) is 9.53 Å². The minimum absolute atomic E-state index is 0.334. The molecule has 0 radical (unpaired) electrons. The average Bonchev–Trinajstić information content (AvgIpc) is 2.13. The standard InChI is InChI=1S/C10H18O3/c1-4-6-7-9(11)8(3)10(12)13-5-2/h4,8-9,11H,1,5-7H2,2-3H3. The molecule has 0 saturated heterocycles. The van der Waals surface area contributed by atoms with Crippen molar-refractivity contribution in [2.24, 2.45) is 5.92 Å². The predicted octanol–water partition coefficient (Wildman–Crippen LogP) is 1.51. The van der Waals surface area contributed by atoms with Gasteiger partial charge in [-0.15, -0.1) is 6.58 Å². The van der Waals surface area contributed by atoms with Crippen LogP contribution in [0, 0.1) is 5.92 Å². The van der Waals surface area contributed by atoms with E-state index >= 15 is 0 Å². The van der Waals surface area contributed by atoms with Gasteiger partial charge in [-0.05, 0) is 26.7 Å². The van der Waals surface area contributed by atoms with E-state index < -0.39 is 12.0 Å². The van der Waals surface area contributed by atoms with Gasteiger partial charge in [0.25, 0.3) is 0 Å². The number of allylic oxidation sites excluding steroid dienone is 1. The van der Waals surface area contributed by atoms with E-state index in [4.69, 9.17) is 4.74 Å². The molecule has 76 valence electrons. The van der Waals surface area contributed by atoms with Crippen LogP contribution in [0.1, 0.15) is 26.7 Å². The van der Waals surface area contributed by atoms with Crippen LogP contribution in [0.15, 0.2) is 12.7 Å². The van der Waals surface area contributed by atoms with Gasteiger partial charge < -0.3 is 9.84 Å². The lowest BCUT2D eigenvalue weighted by Crippen LogP contribution is -2.27. The maximum absolute atomic E-state index is 11.1. The van der Waals surface area contributed by atoms with E-state index in [2.05, 4.69) is 6.58 Å². The van der Waals surface area contributed by atoms with Crippen LogP contribution in [0.25, 0.3) is 0 Å². The maximum Gasteiger partial charge on any atom is 0.311 e. The normalized spacial score (nSPS) is 14.7. The third-order valence-corrected chi connectivity index (χ3v) is 1.90. The number of hydrogen-bond acceptors (Lipinski definition) is 3. The number of ether oxygens (including phenoxy) is 1. The molecule has 0 aliphatic carbocycles. The van der Waals surface area contributed by atoms with Gasteiger partial charge in [0.1, 0.15) is 0 Å². The molecule has 0 amide bonds. The summed E-state index contributed by atoms with van der Waals surface area (Å²) in [4.78, 5) is 11.1. The summed E-state index contributed by atoms with van der Waals surface area (Å²) in [5.41, 5.74) is 0. The number of aliphatic hydroxyl groups is 1. The second-order valence-corrected chi connectivity index (χ2v) is 2.97. The van der Waals surface area contributed by atoms with Crippen molar-refractivity contribution in [3.63, 3.8) is 0 Å². The van der Waals surface area contributed by atoms with Gasteiger partial charge in [0.15, 0.2) is 0 Å². The molecule has 3 nitrogen and oxygen atoms in total. The lowest BCUT2D eigenvalue weighted by molar-refractivity contribution is -0.151. The summed E-state index contributed by atoms with van der Waals surface area (Å²) in [7, 11) is 0. The first kappa shape index (κ1) is 12.2. The molecule has 3 heteroatoms. The fraction of sp³-hybridized carbons (Fsp3) is 0.700. The molecule has 0 heterocycles. The summed E-state index contributed by atoms with van der Waals surface area (Å²) in [6, 6.07) is 0. The van der Waals surface area contributed by atoms with Crippen LogP contribution in [0.2, 0.25) is 0 Å². The fourth-order valence-electron chi connectivity index (χ4n) is 0.969. The number of esters is 1. The van der Waals surface area contributed by atoms with Crippen LogP contribution >= 0.6 is 0 Å². The number of carbonyl (C=O) groups is 1. The van der Waals surface area contributed by atoms with Crippen molar-refractivity contribution in [3.8, 4) is 0 Å². The average molecular weight is 186 g/mol. The SMILES string of the molecule is C=CCCC(O)C(C)C(=O)OCC. The lowest BCUT2D eigenvalue weighted by atomic mass is 10.0. The van der Waals surface area contributed by atoms with E-state index in [0.717, 1.165) is 0 Å². The zero-order valence-corrected chi connectivity index (χ0v) is 8.32. The molecule has 0 aliphatic rings. The zero-order valence-electron chi connectivity index (χ0n) is 8.32. The third-order valence-electron chi connectivity index (χ3n) is 1.90. The molecule has 2 atom stereocenters. The summed E-state index contributed by atoms with van der Waals surface area (Å²) in [5.74, 6) is -0.779. The van der Waals surface area contributed by atoms with Crippen molar-refractivity contribution in [3.05, 3.63) is 12.7 Å². The second kappa shape index (κ2) is 6.66. The van der Waals surface area contributed by atoms with Crippen molar-refractivity contribution in [2.45, 2.75) is 32.8 Å². The second-order valence-electron chi connectivity index (χ2n) is 2.97. The molecule has 0 bridgehead atoms. The Labute approximate surface area is 79.4 Å². The minimum Gasteiger partial charge on any atom is -0.466 e. The van der Waals surface area contributed by atoms with Crippen molar-refractivity contribution < 1.29 is 14.6 Å². The van der Waals surface area contributed by atoms with Gasteiger partial charge in [-0.25, -0.2) is 0 Å². The first-order chi connectivity index (χ1) is 6.13. The number of rotatable bonds is 6. The maximum atomic E-state index is 11.1. The Hall–Kier alpha value is -0.830. The molecule has 1 N–H and O–H groups in total. The molecule has 2 unspecified atom stereocenters. The van der Waals surface area contributed by atoms with Crippen LogP contribution in [0.4, 0.5) is 0 Å². The van der Waals surface area contributed by atoms with Crippen LogP contribution in [-0.4, -0.2) is 23.8 Å². The molecule has 13 heavy (non-hydrogen) atoms. The van der Waals surface area contributed by atoms with E-state index in [9.17, 15) is 9.90 Å². The van der Waals surface area contributed by atoms with Gasteiger partial charge in [-0.1, -0.05) is 6.08 Å². The van der Waals surface area contributed by atoms with Gasteiger partial charge in [0.05, 0.1) is 18.6 Å². The topological polar surface area (TPSA) is 46.5 Å². The van der Waals surface area contributed by atoms with Crippen molar-refractivity contribution in [1.82, 2.24) is 0 Å². The molecule has 0 aromatic heterocycles. The van der Waals surface area contributed by atoms with Crippen LogP contribution in [0.5, 0.6) is 0 Å². The molecular formula is C10H18O3. The minimum atomic E-state index is -0.628. The largest absolute Gasteiger partial charge is 0.466 e. The molecule has 0 rings (SSSR count). The summed E-state index contributed by atoms with van der Waals surface area (Å²) >= 11 is 0. The summed E-state index contributed by atoms with van der Waals surface area (Å²) < 4.78 is 4.78. The van der Waals surface area contributed by atoms with E-state index in [-0.39, 0.29) is 5.97 Å². The third kappa shape index (κ3) is 4.68. The number of aliphatic hydroxyl groups excluding tert-OH is 1. The Balaban J connectivity index is 3.85. The fourth-order valence-corrected chi connectivity index (χ4v) is 0.969. The van der Waals surface area contributed by atoms with Crippen molar-refractivity contribution in [1.29, 1.82) is 0 Å². The van der Waals surface area contributed by atoms with Crippen molar-refractivity contribution >= 4 is 5.97 Å². The molecule has 0 fully saturated rings. The Morgan fingerprint density at radius 3 is 2.77 bits per heavy atom. The number of hydrogen-bond donors (Lipinski definition) is 1. The zero-order chi connectivity index (χ0) is 10.3. The molecular weight excluding hydrogens is 168 g/mol. The Morgan fingerprint density at radius 1 is 1.69 bits per heavy atom. The lowest BCUT2D eigenvalue weighted by Gasteiger charge is -2.16. The smallest absolute Gasteiger partial charge is 0.311 e. The van der Waals surface area contributed by atoms with Gasteiger partial charge in [-0.2, -0.15) is 0 Å². The Morgan fingerprint density at radius 2 is 2.31 bits per heavy atom. The van der Waals surface area contributed by atoms with Crippen LogP contribution in [0.3, 0.4) is 0 Å². The van der Waals surface area contributed by atoms with E-state index in [0.29, 0.717) is 19.4 Å².